The third kappa shape index (κ3) is 6.53. The Kier molecular flexibility index (Phi) is 8.09. The highest BCUT2D eigenvalue weighted by molar-refractivity contribution is 5.69. The Balaban J connectivity index is 3.50. The van der Waals surface area contributed by atoms with Gasteiger partial charge in [0.15, 0.2) is 0 Å². The minimum Gasteiger partial charge on any atom is -0.480 e. The fraction of sp³-hybridized carbons (Fsp3) is 0.933. The molecule has 0 aromatic rings. The molecule has 0 amide bonds. The van der Waals surface area contributed by atoms with Crippen LogP contribution in [0, 0.1) is 48.1 Å². The van der Waals surface area contributed by atoms with E-state index in [0.29, 0.717) is 0 Å². The summed E-state index contributed by atoms with van der Waals surface area (Å²) in [6.45, 7) is 4.80. The third-order valence-corrected chi connectivity index (χ3v) is 5.64. The molecule has 15 nitrogen and oxygen atoms in total. The first kappa shape index (κ1) is 25.1. The lowest BCUT2D eigenvalue weighted by atomic mass is 9.73. The van der Waals surface area contributed by atoms with Crippen LogP contribution in [-0.2, 0) is 19.3 Å². The van der Waals surface area contributed by atoms with Gasteiger partial charge in [0, 0.05) is 17.0 Å². The van der Waals surface area contributed by atoms with E-state index < -0.39 is 76.4 Å². The summed E-state index contributed by atoms with van der Waals surface area (Å²) >= 11 is 0. The number of hydrogen-bond donors (Lipinski definition) is 1. The zero-order valence-corrected chi connectivity index (χ0v) is 17.1. The number of hydrogen-bond acceptors (Lipinski definition) is 11. The van der Waals surface area contributed by atoms with Crippen molar-refractivity contribution in [1.82, 2.24) is 4.90 Å². The smallest absolute Gasteiger partial charge is 0.317 e. The molecule has 0 spiro atoms. The summed E-state index contributed by atoms with van der Waals surface area (Å²) < 4.78 is 0. The van der Waals surface area contributed by atoms with Crippen molar-refractivity contribution < 1.29 is 39.7 Å². The summed E-state index contributed by atoms with van der Waals surface area (Å²) in [5, 5.41) is 38.7. The molecule has 1 heterocycles. The largest absolute Gasteiger partial charge is 0.480 e. The van der Waals surface area contributed by atoms with Crippen molar-refractivity contribution in [1.29, 1.82) is 0 Å². The molecule has 172 valence electrons. The summed E-state index contributed by atoms with van der Waals surface area (Å²) in [5.74, 6) is -3.57. The Labute approximate surface area is 171 Å². The topological polar surface area (TPSA) is 198 Å². The van der Waals surface area contributed by atoms with Crippen LogP contribution in [0.25, 0.3) is 0 Å². The highest BCUT2D eigenvalue weighted by Crippen LogP contribution is 2.46. The molecule has 1 aliphatic rings. The first-order valence-corrected chi connectivity index (χ1v) is 9.00. The van der Waals surface area contributed by atoms with Gasteiger partial charge in [-0.1, -0.05) is 0 Å². The van der Waals surface area contributed by atoms with E-state index in [9.17, 15) is 40.2 Å². The molecular formula is C15H26N4O11. The molecule has 1 rings (SSSR count). The predicted octanol–water partition coefficient (Wildman–Crippen LogP) is 0.807. The number of rotatable bonds is 11. The molecule has 0 aliphatic carbocycles. The monoisotopic (exact) mass is 438 g/mol. The van der Waals surface area contributed by atoms with E-state index in [0.717, 1.165) is 0 Å². The van der Waals surface area contributed by atoms with Gasteiger partial charge in [0.05, 0.1) is 13.2 Å². The lowest BCUT2D eigenvalue weighted by molar-refractivity contribution is -0.766. The van der Waals surface area contributed by atoms with Crippen LogP contribution < -0.4 is 0 Å². The third-order valence-electron chi connectivity index (χ3n) is 5.64. The lowest BCUT2D eigenvalue weighted by Gasteiger charge is -2.49. The fourth-order valence-corrected chi connectivity index (χ4v) is 4.50. The Morgan fingerprint density at radius 3 is 1.90 bits per heavy atom. The molecule has 0 radical (unpaired) electrons. The molecule has 1 saturated heterocycles. The van der Waals surface area contributed by atoms with Gasteiger partial charge >= 0.3 is 5.97 Å². The molecule has 0 saturated carbocycles. The molecule has 3 atom stereocenters. The van der Waals surface area contributed by atoms with Crippen molar-refractivity contribution in [2.75, 3.05) is 26.4 Å². The molecule has 0 bridgehead atoms. The first-order valence-electron chi connectivity index (χ1n) is 9.00. The number of likely N-dealkylation sites (tertiary alicyclic amines) is 1. The molecule has 0 aromatic carbocycles. The van der Waals surface area contributed by atoms with E-state index in [1.807, 2.05) is 0 Å². The quantitative estimate of drug-likeness (QED) is 0.352. The van der Waals surface area contributed by atoms with Crippen molar-refractivity contribution in [2.45, 2.75) is 45.2 Å². The maximum absolute atomic E-state index is 11.5. The van der Waals surface area contributed by atoms with E-state index in [1.165, 1.54) is 0 Å². The van der Waals surface area contributed by atoms with Gasteiger partial charge in [-0.2, -0.15) is 0 Å². The summed E-state index contributed by atoms with van der Waals surface area (Å²) in [6.07, 6.45) is 0.151. The number of nitrogens with zero attached hydrogens (tertiary/aromatic N) is 4. The summed E-state index contributed by atoms with van der Waals surface area (Å²) in [6, 6.07) is 0. The Hall–Kier alpha value is -2.97. The molecule has 1 aliphatic heterocycles. The Morgan fingerprint density at radius 1 is 0.967 bits per heavy atom. The second-order valence-corrected chi connectivity index (χ2v) is 8.24. The molecule has 1 N–H and O–H groups in total. The van der Waals surface area contributed by atoms with Gasteiger partial charge in [-0.25, -0.2) is 0 Å². The van der Waals surface area contributed by atoms with E-state index in [-0.39, 0.29) is 6.42 Å². The molecule has 0 aromatic heterocycles. The van der Waals surface area contributed by atoms with E-state index >= 15 is 0 Å². The minimum absolute atomic E-state index is 0.151. The Bertz CT molecular complexity index is 669. The van der Waals surface area contributed by atoms with Crippen LogP contribution in [-0.4, -0.2) is 68.7 Å². The maximum atomic E-state index is 11.5. The highest BCUT2D eigenvalue weighted by atomic mass is 17.0. The lowest BCUT2D eigenvalue weighted by Crippen LogP contribution is -2.60. The SMILES string of the molecule is CC1(C)CC(CO[N+](=O)[O-])C(CO[N+](=O)[O-])C(CO[N+](=O)[O-])C(C)(C)N1CC(=O)O. The van der Waals surface area contributed by atoms with Crippen molar-refractivity contribution >= 4 is 5.97 Å². The molecule has 15 heteroatoms. The van der Waals surface area contributed by atoms with Gasteiger partial charge in [0.2, 0.25) is 0 Å². The second-order valence-electron chi connectivity index (χ2n) is 8.24. The van der Waals surface area contributed by atoms with E-state index in [4.69, 9.17) is 0 Å². The van der Waals surface area contributed by atoms with Crippen molar-refractivity contribution in [2.24, 2.45) is 17.8 Å². The Morgan fingerprint density at radius 2 is 1.43 bits per heavy atom. The molecular weight excluding hydrogens is 412 g/mol. The van der Waals surface area contributed by atoms with Crippen LogP contribution in [0.2, 0.25) is 0 Å². The first-order chi connectivity index (χ1) is 13.7. The van der Waals surface area contributed by atoms with Gasteiger partial charge in [-0.05, 0) is 46.0 Å². The summed E-state index contributed by atoms with van der Waals surface area (Å²) in [4.78, 5) is 59.0. The van der Waals surface area contributed by atoms with Crippen molar-refractivity contribution in [3.05, 3.63) is 30.3 Å². The second kappa shape index (κ2) is 9.69. The van der Waals surface area contributed by atoms with Crippen LogP contribution >= 0.6 is 0 Å². The minimum atomic E-state index is -1.15. The normalized spacial score (nSPS) is 25.5. The zero-order valence-electron chi connectivity index (χ0n) is 17.1. The molecule has 30 heavy (non-hydrogen) atoms. The summed E-state index contributed by atoms with van der Waals surface area (Å²) in [7, 11) is 0. The zero-order chi connectivity index (χ0) is 23.3. The number of aliphatic carboxylic acids is 1. The van der Waals surface area contributed by atoms with Crippen molar-refractivity contribution in [3.63, 3.8) is 0 Å². The standard InChI is InChI=1S/C15H26N4O11/c1-14(2)5-10(7-28-17(22)23)11(8-29-18(24)25)12(9-30-19(26)27)15(3,4)16(14)6-13(20)21/h10-12H,5-9H2,1-4H3,(H,20,21). The van der Waals surface area contributed by atoms with Gasteiger partial charge in [0.25, 0.3) is 15.3 Å². The van der Waals surface area contributed by atoms with Crippen LogP contribution in [0.5, 0.6) is 0 Å². The van der Waals surface area contributed by atoms with Crippen LogP contribution in [0.1, 0.15) is 34.1 Å². The predicted molar refractivity (Wildman–Crippen MR) is 96.4 cm³/mol. The van der Waals surface area contributed by atoms with Crippen LogP contribution in [0.3, 0.4) is 0 Å². The summed E-state index contributed by atoms with van der Waals surface area (Å²) in [5.41, 5.74) is -1.94. The van der Waals surface area contributed by atoms with Crippen molar-refractivity contribution in [3.8, 4) is 0 Å². The van der Waals surface area contributed by atoms with Crippen LogP contribution in [0.15, 0.2) is 0 Å². The number of carboxylic acid groups (broad SMARTS) is 1. The van der Waals surface area contributed by atoms with Gasteiger partial charge in [-0.15, -0.1) is 30.3 Å². The fourth-order valence-electron chi connectivity index (χ4n) is 4.50. The number of carboxylic acids is 1. The highest BCUT2D eigenvalue weighted by Gasteiger charge is 2.53. The molecule has 1 fully saturated rings. The van der Waals surface area contributed by atoms with E-state index in [2.05, 4.69) is 14.5 Å². The van der Waals surface area contributed by atoms with Gasteiger partial charge < -0.3 is 19.6 Å². The van der Waals surface area contributed by atoms with Crippen LogP contribution in [0.4, 0.5) is 0 Å². The van der Waals surface area contributed by atoms with Gasteiger partial charge in [0.1, 0.15) is 13.2 Å². The average Bonchev–Trinajstić information content (AvgIpc) is 2.62. The maximum Gasteiger partial charge on any atom is 0.317 e. The van der Waals surface area contributed by atoms with Gasteiger partial charge in [-0.3, -0.25) is 9.69 Å². The molecule has 3 unspecified atom stereocenters. The average molecular weight is 438 g/mol. The number of carbonyl (C=O) groups is 1. The van der Waals surface area contributed by atoms with E-state index in [1.54, 1.807) is 32.6 Å².